The van der Waals surface area contributed by atoms with Gasteiger partial charge in [0, 0.05) is 45.5 Å². The van der Waals surface area contributed by atoms with Gasteiger partial charge in [0.25, 0.3) is 0 Å². The number of aliphatic hydroxyl groups is 1. The number of hydrogen-bond acceptors (Lipinski definition) is 6. The number of methoxy groups -OCH3 is 1. The van der Waals surface area contributed by atoms with E-state index in [1.807, 2.05) is 13.0 Å². The van der Waals surface area contributed by atoms with Crippen LogP contribution in [0.4, 0.5) is 11.8 Å². The Balaban J connectivity index is 2.59. The van der Waals surface area contributed by atoms with Crippen molar-refractivity contribution in [1.29, 1.82) is 0 Å². The molecule has 0 saturated carbocycles. The fourth-order valence-corrected chi connectivity index (χ4v) is 1.46. The van der Waals surface area contributed by atoms with Crippen molar-refractivity contribution in [3.05, 3.63) is 11.8 Å². The normalized spacial score (nSPS) is 14.1. The maximum Gasteiger partial charge on any atom is 0.224 e. The molecule has 0 aliphatic rings. The first kappa shape index (κ1) is 14.7. The summed E-state index contributed by atoms with van der Waals surface area (Å²) in [6, 6.07) is 1.84. The van der Waals surface area contributed by atoms with Crippen LogP contribution in [0.15, 0.2) is 6.07 Å². The summed E-state index contributed by atoms with van der Waals surface area (Å²) in [6.45, 7) is 4.61. The number of nitrogens with zero attached hydrogens (tertiary/aromatic N) is 2. The van der Waals surface area contributed by atoms with Gasteiger partial charge in [0.15, 0.2) is 0 Å². The van der Waals surface area contributed by atoms with E-state index in [4.69, 9.17) is 4.74 Å². The molecule has 0 spiro atoms. The molecule has 1 atom stereocenters. The lowest BCUT2D eigenvalue weighted by Crippen LogP contribution is -2.34. The lowest BCUT2D eigenvalue weighted by molar-refractivity contribution is 0.0357. The highest BCUT2D eigenvalue weighted by molar-refractivity contribution is 5.42. The standard InChI is InChI=1S/C12H22N4O2/c1-9-7-10(16-11(13-3)15-9)14-8-12(2,17)5-6-18-4/h7,17H,5-6,8H2,1-4H3,(H2,13,14,15,16). The van der Waals surface area contributed by atoms with Crippen molar-refractivity contribution in [2.75, 3.05) is 37.9 Å². The molecule has 3 N–H and O–H groups in total. The summed E-state index contributed by atoms with van der Waals surface area (Å²) in [5.41, 5.74) is 0.0441. The van der Waals surface area contributed by atoms with Gasteiger partial charge in [-0.3, -0.25) is 0 Å². The average Bonchev–Trinajstić information content (AvgIpc) is 2.33. The zero-order valence-electron chi connectivity index (χ0n) is 11.4. The molecule has 0 bridgehead atoms. The molecule has 0 radical (unpaired) electrons. The van der Waals surface area contributed by atoms with Gasteiger partial charge in [-0.1, -0.05) is 0 Å². The molecule has 0 aliphatic heterocycles. The molecule has 0 fully saturated rings. The minimum absolute atomic E-state index is 0.413. The number of ether oxygens (including phenoxy) is 1. The van der Waals surface area contributed by atoms with Gasteiger partial charge in [-0.05, 0) is 13.8 Å². The summed E-state index contributed by atoms with van der Waals surface area (Å²) in [6.07, 6.45) is 0.569. The summed E-state index contributed by atoms with van der Waals surface area (Å²) in [7, 11) is 3.39. The first-order valence-electron chi connectivity index (χ1n) is 5.95. The minimum Gasteiger partial charge on any atom is -0.388 e. The SMILES string of the molecule is CNc1nc(C)cc(NCC(C)(O)CCOC)n1. The first-order valence-corrected chi connectivity index (χ1v) is 5.95. The molecule has 0 amide bonds. The van der Waals surface area contributed by atoms with Crippen LogP contribution in [0, 0.1) is 6.92 Å². The molecule has 102 valence electrons. The van der Waals surface area contributed by atoms with Crippen LogP contribution < -0.4 is 10.6 Å². The Kier molecular flexibility index (Phi) is 5.30. The smallest absolute Gasteiger partial charge is 0.224 e. The summed E-state index contributed by atoms with van der Waals surface area (Å²) >= 11 is 0. The van der Waals surface area contributed by atoms with Crippen LogP contribution in [-0.4, -0.2) is 48.0 Å². The Bertz CT molecular complexity index is 382. The van der Waals surface area contributed by atoms with Gasteiger partial charge in [0.1, 0.15) is 5.82 Å². The van der Waals surface area contributed by atoms with Crippen LogP contribution in [-0.2, 0) is 4.74 Å². The molecule has 6 nitrogen and oxygen atoms in total. The highest BCUT2D eigenvalue weighted by Crippen LogP contribution is 2.13. The lowest BCUT2D eigenvalue weighted by Gasteiger charge is -2.23. The Morgan fingerprint density at radius 1 is 1.44 bits per heavy atom. The number of aryl methyl sites for hydroxylation is 1. The van der Waals surface area contributed by atoms with Crippen molar-refractivity contribution in [2.45, 2.75) is 25.9 Å². The summed E-state index contributed by atoms with van der Waals surface area (Å²) < 4.78 is 4.96. The predicted octanol–water partition coefficient (Wildman–Crippen LogP) is 1.03. The van der Waals surface area contributed by atoms with E-state index in [-0.39, 0.29) is 0 Å². The fraction of sp³-hybridized carbons (Fsp3) is 0.667. The van der Waals surface area contributed by atoms with Crippen LogP contribution in [0.3, 0.4) is 0 Å². The second-order valence-electron chi connectivity index (χ2n) is 4.56. The van der Waals surface area contributed by atoms with Crippen molar-refractivity contribution >= 4 is 11.8 Å². The third kappa shape index (κ3) is 4.85. The second-order valence-corrected chi connectivity index (χ2v) is 4.56. The molecule has 1 heterocycles. The summed E-state index contributed by atoms with van der Waals surface area (Å²) in [5, 5.41) is 16.1. The van der Waals surface area contributed by atoms with E-state index in [9.17, 15) is 5.11 Å². The summed E-state index contributed by atoms with van der Waals surface area (Å²) in [4.78, 5) is 8.46. The Labute approximate surface area is 108 Å². The maximum absolute atomic E-state index is 10.1. The lowest BCUT2D eigenvalue weighted by atomic mass is 10.0. The highest BCUT2D eigenvalue weighted by Gasteiger charge is 2.19. The molecule has 1 aromatic rings. The molecule has 18 heavy (non-hydrogen) atoms. The second kappa shape index (κ2) is 6.51. The largest absolute Gasteiger partial charge is 0.388 e. The first-order chi connectivity index (χ1) is 8.46. The van der Waals surface area contributed by atoms with Gasteiger partial charge in [0.2, 0.25) is 5.95 Å². The van der Waals surface area contributed by atoms with Crippen LogP contribution in [0.1, 0.15) is 19.0 Å². The van der Waals surface area contributed by atoms with E-state index >= 15 is 0 Å². The average molecular weight is 254 g/mol. The molecular weight excluding hydrogens is 232 g/mol. The van der Waals surface area contributed by atoms with E-state index < -0.39 is 5.60 Å². The van der Waals surface area contributed by atoms with Crippen molar-refractivity contribution < 1.29 is 9.84 Å². The van der Waals surface area contributed by atoms with Crippen LogP contribution in [0.5, 0.6) is 0 Å². The zero-order chi connectivity index (χ0) is 13.6. The van der Waals surface area contributed by atoms with Gasteiger partial charge in [-0.15, -0.1) is 0 Å². The van der Waals surface area contributed by atoms with Gasteiger partial charge in [-0.25, -0.2) is 4.98 Å². The van der Waals surface area contributed by atoms with E-state index in [0.717, 1.165) is 5.69 Å². The Morgan fingerprint density at radius 3 is 2.78 bits per heavy atom. The molecule has 0 saturated heterocycles. The van der Waals surface area contributed by atoms with E-state index in [2.05, 4.69) is 20.6 Å². The molecule has 0 aromatic carbocycles. The fourth-order valence-electron chi connectivity index (χ4n) is 1.46. The summed E-state index contributed by atoms with van der Waals surface area (Å²) in [5.74, 6) is 1.26. The van der Waals surface area contributed by atoms with Crippen molar-refractivity contribution in [2.24, 2.45) is 0 Å². The number of aromatic nitrogens is 2. The van der Waals surface area contributed by atoms with Crippen molar-refractivity contribution in [3.8, 4) is 0 Å². The van der Waals surface area contributed by atoms with E-state index in [0.29, 0.717) is 31.3 Å². The van der Waals surface area contributed by atoms with Crippen LogP contribution in [0.25, 0.3) is 0 Å². The Morgan fingerprint density at radius 2 is 2.17 bits per heavy atom. The molecular formula is C12H22N4O2. The van der Waals surface area contributed by atoms with Crippen LogP contribution in [0.2, 0.25) is 0 Å². The van der Waals surface area contributed by atoms with Gasteiger partial charge in [0.05, 0.1) is 5.60 Å². The quantitative estimate of drug-likeness (QED) is 0.674. The monoisotopic (exact) mass is 254 g/mol. The van der Waals surface area contributed by atoms with Crippen molar-refractivity contribution in [1.82, 2.24) is 9.97 Å². The number of hydrogen-bond donors (Lipinski definition) is 3. The van der Waals surface area contributed by atoms with Gasteiger partial charge >= 0.3 is 0 Å². The third-order valence-electron chi connectivity index (χ3n) is 2.57. The number of anilines is 2. The number of rotatable bonds is 7. The molecule has 0 aliphatic carbocycles. The molecule has 1 unspecified atom stereocenters. The molecule has 6 heteroatoms. The minimum atomic E-state index is -0.825. The van der Waals surface area contributed by atoms with Crippen LogP contribution >= 0.6 is 0 Å². The number of nitrogens with one attached hydrogen (secondary N) is 2. The van der Waals surface area contributed by atoms with Crippen molar-refractivity contribution in [3.63, 3.8) is 0 Å². The third-order valence-corrected chi connectivity index (χ3v) is 2.57. The highest BCUT2D eigenvalue weighted by atomic mass is 16.5. The predicted molar refractivity (Wildman–Crippen MR) is 71.9 cm³/mol. The zero-order valence-corrected chi connectivity index (χ0v) is 11.4. The van der Waals surface area contributed by atoms with Gasteiger partial charge < -0.3 is 20.5 Å². The topological polar surface area (TPSA) is 79.3 Å². The maximum atomic E-state index is 10.1. The van der Waals surface area contributed by atoms with E-state index in [1.165, 1.54) is 0 Å². The Hall–Kier alpha value is -1.40. The molecule has 1 aromatic heterocycles. The van der Waals surface area contributed by atoms with Gasteiger partial charge in [-0.2, -0.15) is 4.98 Å². The van der Waals surface area contributed by atoms with E-state index in [1.54, 1.807) is 21.1 Å². The molecule has 1 rings (SSSR count).